The molecule has 0 unspecified atom stereocenters. The van der Waals surface area contributed by atoms with Gasteiger partial charge in [-0.25, -0.2) is 4.68 Å². The lowest BCUT2D eigenvalue weighted by Gasteiger charge is -2.13. The summed E-state index contributed by atoms with van der Waals surface area (Å²) >= 11 is 11.6. The maximum absolute atomic E-state index is 13.6. The molecule has 0 aliphatic rings. The number of hydrogen-bond donors (Lipinski definition) is 1. The highest BCUT2D eigenvalue weighted by atomic mass is 35.5. The first-order valence-electron chi connectivity index (χ1n) is 8.33. The highest BCUT2D eigenvalue weighted by molar-refractivity contribution is 6.31. The van der Waals surface area contributed by atoms with Crippen LogP contribution in [0.1, 0.15) is 16.1 Å². The van der Waals surface area contributed by atoms with Gasteiger partial charge in [-0.15, -0.1) is 0 Å². The lowest BCUT2D eigenvalue weighted by molar-refractivity contribution is -0.143. The molecule has 1 N–H and O–H groups in total. The summed E-state index contributed by atoms with van der Waals surface area (Å²) in [5.74, 6) is -0.390. The summed E-state index contributed by atoms with van der Waals surface area (Å²) in [6, 6.07) is 12.3. The van der Waals surface area contributed by atoms with Crippen LogP contribution in [-0.4, -0.2) is 28.8 Å². The van der Waals surface area contributed by atoms with Gasteiger partial charge in [-0.2, -0.15) is 18.3 Å². The van der Waals surface area contributed by atoms with Gasteiger partial charge in [-0.05, 0) is 42.5 Å². The topological polar surface area (TPSA) is 56.1 Å². The van der Waals surface area contributed by atoms with Crippen molar-refractivity contribution in [3.8, 4) is 11.4 Å². The minimum atomic E-state index is -4.80. The maximum Gasteiger partial charge on any atom is 0.434 e. The van der Waals surface area contributed by atoms with Crippen LogP contribution >= 0.6 is 23.2 Å². The number of hydrogen-bond acceptors (Lipinski definition) is 3. The third-order valence-corrected chi connectivity index (χ3v) is 4.29. The van der Waals surface area contributed by atoms with Gasteiger partial charge >= 0.3 is 6.18 Å². The van der Waals surface area contributed by atoms with Gasteiger partial charge in [-0.1, -0.05) is 29.3 Å². The van der Waals surface area contributed by atoms with Crippen molar-refractivity contribution in [3.05, 3.63) is 76.0 Å². The zero-order valence-corrected chi connectivity index (χ0v) is 16.2. The molecule has 0 atom stereocenters. The summed E-state index contributed by atoms with van der Waals surface area (Å²) in [5, 5.41) is 6.92. The Balaban J connectivity index is 1.72. The standard InChI is InChI=1S/C19H14Cl2F3N3O2/c20-12-4-6-15(7-5-12)29-9-8-25-18(28)16-11-26-27(17(16)19(22,23)24)14-3-1-2-13(21)10-14/h1-7,10-11H,8-9H2,(H,25,28). The van der Waals surface area contributed by atoms with Crippen LogP contribution in [0.25, 0.3) is 5.69 Å². The van der Waals surface area contributed by atoms with Crippen LogP contribution in [0.15, 0.2) is 54.7 Å². The highest BCUT2D eigenvalue weighted by Crippen LogP contribution is 2.34. The van der Waals surface area contributed by atoms with Gasteiger partial charge in [0, 0.05) is 10.0 Å². The maximum atomic E-state index is 13.6. The molecule has 0 aliphatic carbocycles. The average molecular weight is 444 g/mol. The van der Waals surface area contributed by atoms with E-state index in [9.17, 15) is 18.0 Å². The predicted molar refractivity (Wildman–Crippen MR) is 103 cm³/mol. The second kappa shape index (κ2) is 8.75. The zero-order valence-electron chi connectivity index (χ0n) is 14.7. The average Bonchev–Trinajstić information content (AvgIpc) is 3.12. The van der Waals surface area contributed by atoms with E-state index in [-0.39, 0.29) is 23.9 Å². The van der Waals surface area contributed by atoms with E-state index in [0.29, 0.717) is 15.5 Å². The zero-order chi connectivity index (χ0) is 21.0. The largest absolute Gasteiger partial charge is 0.492 e. The second-order valence-corrected chi connectivity index (χ2v) is 6.73. The van der Waals surface area contributed by atoms with Crippen molar-refractivity contribution in [2.45, 2.75) is 6.18 Å². The molecule has 0 radical (unpaired) electrons. The number of nitrogens with one attached hydrogen (secondary N) is 1. The number of ether oxygens (including phenoxy) is 1. The van der Waals surface area contributed by atoms with Crippen molar-refractivity contribution in [2.75, 3.05) is 13.2 Å². The van der Waals surface area contributed by atoms with E-state index in [4.69, 9.17) is 27.9 Å². The number of amides is 1. The summed E-state index contributed by atoms with van der Waals surface area (Å²) in [7, 11) is 0. The number of aromatic nitrogens is 2. The Morgan fingerprint density at radius 1 is 1.10 bits per heavy atom. The van der Waals surface area contributed by atoms with E-state index in [1.807, 2.05) is 0 Å². The van der Waals surface area contributed by atoms with Gasteiger partial charge < -0.3 is 10.1 Å². The van der Waals surface area contributed by atoms with Crippen LogP contribution in [0.5, 0.6) is 5.75 Å². The van der Waals surface area contributed by atoms with Gasteiger partial charge in [0.1, 0.15) is 12.4 Å². The fraction of sp³-hybridized carbons (Fsp3) is 0.158. The molecule has 3 rings (SSSR count). The van der Waals surface area contributed by atoms with Crippen LogP contribution in [0.2, 0.25) is 10.0 Å². The number of carbonyl (C=O) groups excluding carboxylic acids is 1. The van der Waals surface area contributed by atoms with E-state index in [1.165, 1.54) is 24.3 Å². The van der Waals surface area contributed by atoms with E-state index in [2.05, 4.69) is 10.4 Å². The Labute approximate surface area is 174 Å². The van der Waals surface area contributed by atoms with Crippen LogP contribution in [-0.2, 0) is 6.18 Å². The van der Waals surface area contributed by atoms with Gasteiger partial charge in [0.25, 0.3) is 5.91 Å². The molecule has 3 aromatic rings. The first-order valence-corrected chi connectivity index (χ1v) is 9.09. The predicted octanol–water partition coefficient (Wildman–Crippen LogP) is 5.01. The molecule has 1 heterocycles. The molecule has 0 spiro atoms. The van der Waals surface area contributed by atoms with E-state index in [0.717, 1.165) is 6.20 Å². The SMILES string of the molecule is O=C(NCCOc1ccc(Cl)cc1)c1cnn(-c2cccc(Cl)c2)c1C(F)(F)F. The smallest absolute Gasteiger partial charge is 0.434 e. The number of alkyl halides is 3. The van der Waals surface area contributed by atoms with Crippen molar-refractivity contribution in [1.29, 1.82) is 0 Å². The second-order valence-electron chi connectivity index (χ2n) is 5.85. The van der Waals surface area contributed by atoms with E-state index in [1.54, 1.807) is 24.3 Å². The summed E-state index contributed by atoms with van der Waals surface area (Å²) in [6.45, 7) is 0.0677. The Hall–Kier alpha value is -2.71. The molecule has 0 saturated carbocycles. The summed E-state index contributed by atoms with van der Waals surface area (Å²) in [4.78, 5) is 12.3. The third-order valence-electron chi connectivity index (χ3n) is 3.81. The van der Waals surface area contributed by atoms with Crippen LogP contribution in [0.4, 0.5) is 13.2 Å². The number of carbonyl (C=O) groups is 1. The van der Waals surface area contributed by atoms with Gasteiger partial charge in [0.2, 0.25) is 0 Å². The number of halogens is 5. The highest BCUT2D eigenvalue weighted by Gasteiger charge is 2.40. The molecular formula is C19H14Cl2F3N3O2. The van der Waals surface area contributed by atoms with Crippen molar-refractivity contribution >= 4 is 29.1 Å². The summed E-state index contributed by atoms with van der Waals surface area (Å²) in [6.07, 6.45) is -3.93. The van der Waals surface area contributed by atoms with Crippen molar-refractivity contribution in [2.24, 2.45) is 0 Å². The molecule has 29 heavy (non-hydrogen) atoms. The molecule has 1 aromatic heterocycles. The lowest BCUT2D eigenvalue weighted by atomic mass is 10.2. The molecule has 0 fully saturated rings. The number of nitrogens with zero attached hydrogens (tertiary/aromatic N) is 2. The van der Waals surface area contributed by atoms with Crippen LogP contribution in [0, 0.1) is 0 Å². The minimum absolute atomic E-state index is 0.00109. The van der Waals surface area contributed by atoms with Gasteiger partial charge in [0.15, 0.2) is 5.69 Å². The molecule has 0 aliphatic heterocycles. The molecule has 1 amide bonds. The third kappa shape index (κ3) is 5.21. The van der Waals surface area contributed by atoms with Crippen molar-refractivity contribution in [3.63, 3.8) is 0 Å². The van der Waals surface area contributed by atoms with E-state index >= 15 is 0 Å². The number of benzene rings is 2. The Morgan fingerprint density at radius 2 is 1.83 bits per heavy atom. The van der Waals surface area contributed by atoms with E-state index < -0.39 is 23.3 Å². The quantitative estimate of drug-likeness (QED) is 0.545. The summed E-state index contributed by atoms with van der Waals surface area (Å²) in [5.41, 5.74) is -1.69. The Morgan fingerprint density at radius 3 is 2.48 bits per heavy atom. The van der Waals surface area contributed by atoms with Crippen LogP contribution < -0.4 is 10.1 Å². The summed E-state index contributed by atoms with van der Waals surface area (Å²) < 4.78 is 46.9. The molecule has 152 valence electrons. The van der Waals surface area contributed by atoms with Gasteiger partial charge in [-0.3, -0.25) is 4.79 Å². The molecule has 0 bridgehead atoms. The Bertz CT molecular complexity index is 1000. The molecule has 0 saturated heterocycles. The lowest BCUT2D eigenvalue weighted by Crippen LogP contribution is -2.30. The van der Waals surface area contributed by atoms with Crippen LogP contribution in [0.3, 0.4) is 0 Å². The molecule has 5 nitrogen and oxygen atoms in total. The molecular weight excluding hydrogens is 430 g/mol. The van der Waals surface area contributed by atoms with Crippen molar-refractivity contribution < 1.29 is 22.7 Å². The first kappa shape index (κ1) is 21.0. The van der Waals surface area contributed by atoms with Gasteiger partial charge in [0.05, 0.1) is 24.0 Å². The number of rotatable bonds is 6. The fourth-order valence-electron chi connectivity index (χ4n) is 2.55. The minimum Gasteiger partial charge on any atom is -0.492 e. The first-order chi connectivity index (χ1) is 13.8. The normalized spacial score (nSPS) is 11.3. The molecule has 10 heteroatoms. The fourth-order valence-corrected chi connectivity index (χ4v) is 2.86. The Kier molecular flexibility index (Phi) is 6.34. The molecule has 2 aromatic carbocycles. The van der Waals surface area contributed by atoms with Crippen molar-refractivity contribution in [1.82, 2.24) is 15.1 Å². The monoisotopic (exact) mass is 443 g/mol.